The Morgan fingerprint density at radius 2 is 1.82 bits per heavy atom. The van der Waals surface area contributed by atoms with Crippen LogP contribution in [0.4, 0.5) is 17.3 Å². The molecule has 0 atom stereocenters. The highest BCUT2D eigenvalue weighted by atomic mass is 16.5. The van der Waals surface area contributed by atoms with Crippen molar-refractivity contribution in [1.82, 2.24) is 30.0 Å². The second-order valence-electron chi connectivity index (χ2n) is 7.98. The highest BCUT2D eigenvalue weighted by Gasteiger charge is 2.11. The Kier molecular flexibility index (Phi) is 6.72. The number of nitrogens with zero attached hydrogens (tertiary/aromatic N) is 5. The quantitative estimate of drug-likeness (QED) is 0.266. The van der Waals surface area contributed by atoms with E-state index in [1.807, 2.05) is 24.3 Å². The number of carbonyl (C=O) groups excluding carboxylic acids is 2. The minimum absolute atomic E-state index is 0.267. The molecule has 0 radical (unpaired) electrons. The predicted molar refractivity (Wildman–Crippen MR) is 143 cm³/mol. The Morgan fingerprint density at radius 1 is 0.974 bits per heavy atom. The van der Waals surface area contributed by atoms with Crippen LogP contribution in [-0.4, -0.2) is 43.6 Å². The molecule has 2 aromatic carbocycles. The fraction of sp³-hybridized carbons (Fsp3) is 0.0370. The molecule has 5 rings (SSSR count). The third-order valence-electron chi connectivity index (χ3n) is 5.39. The van der Waals surface area contributed by atoms with E-state index in [9.17, 15) is 9.59 Å². The molecule has 0 unspecified atom stereocenters. The van der Waals surface area contributed by atoms with E-state index in [1.165, 1.54) is 12.3 Å². The van der Waals surface area contributed by atoms with Gasteiger partial charge in [-0.15, -0.1) is 0 Å². The zero-order chi connectivity index (χ0) is 26.5. The Bertz CT molecular complexity index is 1650. The number of ether oxygens (including phenoxy) is 1. The first kappa shape index (κ1) is 24.1. The molecule has 38 heavy (non-hydrogen) atoms. The number of hydrogen-bond acceptors (Lipinski definition) is 8. The number of pyridine rings is 1. The van der Waals surface area contributed by atoms with Gasteiger partial charge in [-0.1, -0.05) is 12.6 Å². The van der Waals surface area contributed by atoms with E-state index >= 15 is 0 Å². The summed E-state index contributed by atoms with van der Waals surface area (Å²) in [5.74, 6) is 0.873. The van der Waals surface area contributed by atoms with E-state index in [0.29, 0.717) is 28.8 Å². The average Bonchev–Trinajstić information content (AvgIpc) is 3.37. The summed E-state index contributed by atoms with van der Waals surface area (Å²) in [6, 6.07) is 17.7. The van der Waals surface area contributed by atoms with E-state index in [-0.39, 0.29) is 17.5 Å². The molecule has 0 aliphatic carbocycles. The summed E-state index contributed by atoms with van der Waals surface area (Å²) in [5.41, 5.74) is 2.95. The smallest absolute Gasteiger partial charge is 0.269 e. The van der Waals surface area contributed by atoms with Gasteiger partial charge in [0, 0.05) is 36.9 Å². The number of hydrogen-bond donors (Lipinski definition) is 3. The van der Waals surface area contributed by atoms with Gasteiger partial charge in [-0.2, -0.15) is 10.1 Å². The van der Waals surface area contributed by atoms with Crippen LogP contribution in [0.3, 0.4) is 0 Å². The Balaban J connectivity index is 1.33. The van der Waals surface area contributed by atoms with Crippen LogP contribution in [0.5, 0.6) is 11.5 Å². The number of amides is 2. The zero-order valence-electron chi connectivity index (χ0n) is 20.3. The fourth-order valence-corrected chi connectivity index (χ4v) is 3.57. The van der Waals surface area contributed by atoms with E-state index < -0.39 is 0 Å². The molecular formula is C27H22N8O3. The van der Waals surface area contributed by atoms with Gasteiger partial charge in [0.05, 0.1) is 17.3 Å². The highest BCUT2D eigenvalue weighted by molar-refractivity contribution is 5.99. The maximum Gasteiger partial charge on any atom is 0.269 e. The second-order valence-corrected chi connectivity index (χ2v) is 7.98. The lowest BCUT2D eigenvalue weighted by molar-refractivity contribution is -0.111. The lowest BCUT2D eigenvalue weighted by atomic mass is 10.2. The summed E-state index contributed by atoms with van der Waals surface area (Å²) in [4.78, 5) is 36.5. The molecule has 0 aliphatic heterocycles. The van der Waals surface area contributed by atoms with Crippen LogP contribution in [0.2, 0.25) is 0 Å². The van der Waals surface area contributed by atoms with Crippen LogP contribution in [0.15, 0.2) is 91.9 Å². The van der Waals surface area contributed by atoms with Crippen molar-refractivity contribution >= 4 is 40.2 Å². The normalized spacial score (nSPS) is 10.6. The number of nitrogens with one attached hydrogen (secondary N) is 3. The standard InChI is InChI=1S/C27H22N8O3/c1-3-24(36)32-19-5-4-6-20(13-19)35-25-17(16-31-35)15-30-27(34-25)33-18-7-9-21(10-8-18)38-22-11-12-29-23(14-22)26(37)28-2/h3-16H,1H2,2H3,(H,28,37)(H,32,36)(H,30,33,34). The summed E-state index contributed by atoms with van der Waals surface area (Å²) in [5, 5.41) is 13.7. The molecule has 5 aromatic rings. The lowest BCUT2D eigenvalue weighted by Gasteiger charge is -2.09. The first-order valence-corrected chi connectivity index (χ1v) is 11.5. The van der Waals surface area contributed by atoms with E-state index in [1.54, 1.807) is 60.5 Å². The number of fused-ring (bicyclic) bond motifs is 1. The van der Waals surface area contributed by atoms with Crippen molar-refractivity contribution in [2.45, 2.75) is 0 Å². The maximum absolute atomic E-state index is 11.8. The van der Waals surface area contributed by atoms with Crippen LogP contribution in [0.1, 0.15) is 10.5 Å². The van der Waals surface area contributed by atoms with Gasteiger partial charge in [0.25, 0.3) is 5.91 Å². The summed E-state index contributed by atoms with van der Waals surface area (Å²) < 4.78 is 7.52. The molecule has 0 aliphatic rings. The third-order valence-corrected chi connectivity index (χ3v) is 5.39. The van der Waals surface area contributed by atoms with Crippen molar-refractivity contribution in [3.05, 3.63) is 97.6 Å². The SMILES string of the molecule is C=CC(=O)Nc1cccc(-n2ncc3cnc(Nc4ccc(Oc5ccnc(C(=O)NC)c5)cc4)nc32)c1. The van der Waals surface area contributed by atoms with Gasteiger partial charge >= 0.3 is 0 Å². The van der Waals surface area contributed by atoms with Crippen LogP contribution in [0.25, 0.3) is 16.7 Å². The maximum atomic E-state index is 11.8. The minimum Gasteiger partial charge on any atom is -0.457 e. The van der Waals surface area contributed by atoms with Crippen molar-refractivity contribution in [2.75, 3.05) is 17.7 Å². The predicted octanol–water partition coefficient (Wildman–Crippen LogP) is 4.23. The van der Waals surface area contributed by atoms with Crippen LogP contribution in [-0.2, 0) is 4.79 Å². The summed E-state index contributed by atoms with van der Waals surface area (Å²) in [6.07, 6.45) is 6.08. The van der Waals surface area contributed by atoms with Crippen molar-refractivity contribution in [1.29, 1.82) is 0 Å². The molecule has 2 amide bonds. The second kappa shape index (κ2) is 10.6. The van der Waals surface area contributed by atoms with Gasteiger partial charge in [-0.25, -0.2) is 9.67 Å². The Labute approximate surface area is 217 Å². The van der Waals surface area contributed by atoms with Gasteiger partial charge in [0.1, 0.15) is 17.2 Å². The van der Waals surface area contributed by atoms with E-state index in [4.69, 9.17) is 4.74 Å². The van der Waals surface area contributed by atoms with Crippen LogP contribution in [0, 0.1) is 0 Å². The lowest BCUT2D eigenvalue weighted by Crippen LogP contribution is -2.18. The number of aromatic nitrogens is 5. The first-order chi connectivity index (χ1) is 18.5. The van der Waals surface area contributed by atoms with Crippen molar-refractivity contribution in [2.24, 2.45) is 0 Å². The molecule has 0 fully saturated rings. The molecule has 3 heterocycles. The van der Waals surface area contributed by atoms with Gasteiger partial charge in [0.2, 0.25) is 11.9 Å². The van der Waals surface area contributed by atoms with Crippen LogP contribution >= 0.6 is 0 Å². The van der Waals surface area contributed by atoms with E-state index in [0.717, 1.165) is 16.8 Å². The van der Waals surface area contributed by atoms with Crippen molar-refractivity contribution < 1.29 is 14.3 Å². The number of rotatable bonds is 8. The summed E-state index contributed by atoms with van der Waals surface area (Å²) in [6.45, 7) is 3.47. The number of benzene rings is 2. The summed E-state index contributed by atoms with van der Waals surface area (Å²) >= 11 is 0. The average molecular weight is 507 g/mol. The molecule has 188 valence electrons. The molecule has 0 bridgehead atoms. The van der Waals surface area contributed by atoms with Gasteiger partial charge < -0.3 is 20.7 Å². The topological polar surface area (TPSA) is 136 Å². The molecule has 11 heteroatoms. The van der Waals surface area contributed by atoms with Gasteiger partial charge in [0.15, 0.2) is 5.65 Å². The fourth-order valence-electron chi connectivity index (χ4n) is 3.57. The molecule has 11 nitrogen and oxygen atoms in total. The number of carbonyl (C=O) groups is 2. The molecule has 0 saturated heterocycles. The molecule has 3 N–H and O–H groups in total. The number of anilines is 3. The third kappa shape index (κ3) is 5.31. The monoisotopic (exact) mass is 506 g/mol. The van der Waals surface area contributed by atoms with Gasteiger partial charge in [-0.3, -0.25) is 14.6 Å². The minimum atomic E-state index is -0.299. The van der Waals surface area contributed by atoms with E-state index in [2.05, 4.69) is 42.6 Å². The van der Waals surface area contributed by atoms with Crippen molar-refractivity contribution in [3.8, 4) is 17.2 Å². The van der Waals surface area contributed by atoms with Crippen molar-refractivity contribution in [3.63, 3.8) is 0 Å². The molecular weight excluding hydrogens is 484 g/mol. The Morgan fingerprint density at radius 3 is 2.61 bits per heavy atom. The first-order valence-electron chi connectivity index (χ1n) is 11.5. The molecule has 3 aromatic heterocycles. The van der Waals surface area contributed by atoms with Gasteiger partial charge in [-0.05, 0) is 54.6 Å². The zero-order valence-corrected chi connectivity index (χ0v) is 20.3. The highest BCUT2D eigenvalue weighted by Crippen LogP contribution is 2.25. The Hall–Kier alpha value is -5.58. The molecule has 0 saturated carbocycles. The summed E-state index contributed by atoms with van der Waals surface area (Å²) in [7, 11) is 1.54. The molecule has 0 spiro atoms. The van der Waals surface area contributed by atoms with Crippen LogP contribution < -0.4 is 20.7 Å². The largest absolute Gasteiger partial charge is 0.457 e.